The van der Waals surface area contributed by atoms with Crippen molar-refractivity contribution in [2.45, 2.75) is 0 Å². The second-order valence-corrected chi connectivity index (χ2v) is 6.59. The van der Waals surface area contributed by atoms with Gasteiger partial charge in [0.25, 0.3) is 0 Å². The fourth-order valence-corrected chi connectivity index (χ4v) is 3.54. The number of amidine groups is 2. The van der Waals surface area contributed by atoms with E-state index in [9.17, 15) is 0 Å². The SMILES string of the molecule is COc1cc(C2=NCCN2)ccc1-c1cc2ccc(C3=NCCN3)cc2o1. The lowest BCUT2D eigenvalue weighted by atomic mass is 10.1. The Bertz CT molecular complexity index is 1080. The molecule has 0 radical (unpaired) electrons. The van der Waals surface area contributed by atoms with Crippen LogP contribution in [0, 0.1) is 0 Å². The van der Waals surface area contributed by atoms with Crippen LogP contribution in [0.25, 0.3) is 22.3 Å². The van der Waals surface area contributed by atoms with E-state index in [4.69, 9.17) is 9.15 Å². The van der Waals surface area contributed by atoms with Gasteiger partial charge in [0.1, 0.15) is 28.8 Å². The number of rotatable bonds is 4. The number of methoxy groups -OCH3 is 1. The summed E-state index contributed by atoms with van der Waals surface area (Å²) in [6.07, 6.45) is 0. The van der Waals surface area contributed by atoms with Crippen molar-refractivity contribution in [1.82, 2.24) is 10.6 Å². The van der Waals surface area contributed by atoms with Gasteiger partial charge in [0.2, 0.25) is 0 Å². The average molecular weight is 360 g/mol. The van der Waals surface area contributed by atoms with Crippen molar-refractivity contribution in [2.75, 3.05) is 33.3 Å². The Morgan fingerprint density at radius 2 is 1.59 bits per heavy atom. The number of fused-ring (bicyclic) bond motifs is 1. The maximum atomic E-state index is 6.15. The normalized spacial score (nSPS) is 16.0. The third kappa shape index (κ3) is 2.83. The molecule has 27 heavy (non-hydrogen) atoms. The molecule has 0 aliphatic carbocycles. The topological polar surface area (TPSA) is 71.2 Å². The number of nitrogens with zero attached hydrogens (tertiary/aromatic N) is 2. The molecule has 0 atom stereocenters. The second-order valence-electron chi connectivity index (χ2n) is 6.59. The summed E-state index contributed by atoms with van der Waals surface area (Å²) < 4.78 is 11.8. The van der Waals surface area contributed by atoms with Crippen LogP contribution in [0.15, 0.2) is 56.9 Å². The van der Waals surface area contributed by atoms with E-state index >= 15 is 0 Å². The first kappa shape index (κ1) is 15.9. The van der Waals surface area contributed by atoms with Crippen molar-refractivity contribution in [3.63, 3.8) is 0 Å². The number of hydrogen-bond donors (Lipinski definition) is 2. The molecule has 2 N–H and O–H groups in total. The summed E-state index contributed by atoms with van der Waals surface area (Å²) >= 11 is 0. The van der Waals surface area contributed by atoms with Crippen molar-refractivity contribution >= 4 is 22.6 Å². The number of nitrogens with one attached hydrogen (secondary N) is 2. The third-order valence-corrected chi connectivity index (χ3v) is 4.88. The van der Waals surface area contributed by atoms with Crippen molar-refractivity contribution < 1.29 is 9.15 Å². The first-order valence-corrected chi connectivity index (χ1v) is 9.11. The van der Waals surface area contributed by atoms with E-state index in [-0.39, 0.29) is 0 Å². The van der Waals surface area contributed by atoms with E-state index in [0.717, 1.165) is 77.0 Å². The van der Waals surface area contributed by atoms with Crippen LogP contribution in [0.3, 0.4) is 0 Å². The molecular formula is C21H20N4O2. The van der Waals surface area contributed by atoms with E-state index in [1.807, 2.05) is 30.3 Å². The molecule has 0 fully saturated rings. The van der Waals surface area contributed by atoms with Gasteiger partial charge in [-0.05, 0) is 24.3 Å². The number of furan rings is 1. The quantitative estimate of drug-likeness (QED) is 0.751. The van der Waals surface area contributed by atoms with Gasteiger partial charge in [-0.1, -0.05) is 18.2 Å². The fraction of sp³-hybridized carbons (Fsp3) is 0.238. The van der Waals surface area contributed by atoms with Crippen molar-refractivity contribution in [3.8, 4) is 17.1 Å². The molecule has 2 aromatic carbocycles. The van der Waals surface area contributed by atoms with Crippen molar-refractivity contribution in [1.29, 1.82) is 0 Å². The molecule has 0 unspecified atom stereocenters. The van der Waals surface area contributed by atoms with Gasteiger partial charge in [-0.15, -0.1) is 0 Å². The molecule has 2 aliphatic rings. The zero-order chi connectivity index (χ0) is 18.2. The lowest BCUT2D eigenvalue weighted by Crippen LogP contribution is -2.19. The van der Waals surface area contributed by atoms with E-state index in [1.54, 1.807) is 7.11 Å². The molecule has 6 nitrogen and oxygen atoms in total. The standard InChI is InChI=1S/C21H20N4O2/c1-26-18-12-15(21-24-8-9-25-21)4-5-16(18)19-10-13-2-3-14(11-17(13)27-19)20-22-6-7-23-20/h2-5,10-12H,6-9H2,1H3,(H,22,23)(H,24,25). The minimum atomic E-state index is 0.769. The first-order chi connectivity index (χ1) is 13.3. The molecule has 0 amide bonds. The first-order valence-electron chi connectivity index (χ1n) is 9.11. The maximum Gasteiger partial charge on any atom is 0.139 e. The molecule has 3 aromatic rings. The van der Waals surface area contributed by atoms with Crippen LogP contribution in [-0.4, -0.2) is 45.0 Å². The summed E-state index contributed by atoms with van der Waals surface area (Å²) in [5, 5.41) is 7.65. The highest BCUT2D eigenvalue weighted by Crippen LogP contribution is 2.35. The smallest absolute Gasteiger partial charge is 0.139 e. The van der Waals surface area contributed by atoms with Crippen LogP contribution in [-0.2, 0) is 0 Å². The van der Waals surface area contributed by atoms with E-state index in [0.29, 0.717) is 0 Å². The number of hydrogen-bond acceptors (Lipinski definition) is 6. The number of benzene rings is 2. The monoisotopic (exact) mass is 360 g/mol. The Balaban J connectivity index is 1.54. The predicted octanol–water partition coefficient (Wildman–Crippen LogP) is 2.81. The Morgan fingerprint density at radius 1 is 0.889 bits per heavy atom. The summed E-state index contributed by atoms with van der Waals surface area (Å²) in [5.74, 6) is 3.40. The highest BCUT2D eigenvalue weighted by Gasteiger charge is 2.16. The summed E-state index contributed by atoms with van der Waals surface area (Å²) in [7, 11) is 1.68. The summed E-state index contributed by atoms with van der Waals surface area (Å²) in [6, 6.07) is 14.3. The molecule has 2 aliphatic heterocycles. The molecule has 0 saturated carbocycles. The van der Waals surface area contributed by atoms with Gasteiger partial charge in [0, 0.05) is 29.6 Å². The summed E-state index contributed by atoms with van der Waals surface area (Å²) in [6.45, 7) is 3.40. The lowest BCUT2D eigenvalue weighted by Gasteiger charge is -2.09. The van der Waals surface area contributed by atoms with Gasteiger partial charge in [-0.25, -0.2) is 0 Å². The summed E-state index contributed by atoms with van der Waals surface area (Å²) in [4.78, 5) is 8.95. The molecule has 3 heterocycles. The van der Waals surface area contributed by atoms with Gasteiger partial charge in [-0.3, -0.25) is 9.98 Å². The highest BCUT2D eigenvalue weighted by molar-refractivity contribution is 6.03. The Kier molecular flexibility index (Phi) is 3.81. The number of ether oxygens (including phenoxy) is 1. The van der Waals surface area contributed by atoms with Gasteiger partial charge in [0.05, 0.1) is 25.8 Å². The highest BCUT2D eigenvalue weighted by atomic mass is 16.5. The maximum absolute atomic E-state index is 6.15. The van der Waals surface area contributed by atoms with E-state index in [1.165, 1.54) is 0 Å². The predicted molar refractivity (Wildman–Crippen MR) is 107 cm³/mol. The van der Waals surface area contributed by atoms with Gasteiger partial charge < -0.3 is 19.8 Å². The molecule has 136 valence electrons. The summed E-state index contributed by atoms with van der Waals surface area (Å²) in [5.41, 5.74) is 3.84. The minimum absolute atomic E-state index is 0.769. The third-order valence-electron chi connectivity index (χ3n) is 4.88. The molecule has 0 spiro atoms. The zero-order valence-electron chi connectivity index (χ0n) is 15.1. The van der Waals surface area contributed by atoms with Crippen LogP contribution in [0.5, 0.6) is 5.75 Å². The van der Waals surface area contributed by atoms with Crippen LogP contribution in [0.2, 0.25) is 0 Å². The lowest BCUT2D eigenvalue weighted by molar-refractivity contribution is 0.415. The van der Waals surface area contributed by atoms with Gasteiger partial charge >= 0.3 is 0 Å². The largest absolute Gasteiger partial charge is 0.496 e. The van der Waals surface area contributed by atoms with Crippen LogP contribution < -0.4 is 15.4 Å². The zero-order valence-corrected chi connectivity index (χ0v) is 15.1. The second kappa shape index (κ2) is 6.46. The van der Waals surface area contributed by atoms with Gasteiger partial charge in [0.15, 0.2) is 0 Å². The number of aliphatic imine (C=N–C) groups is 2. The molecule has 6 heteroatoms. The van der Waals surface area contributed by atoms with E-state index in [2.05, 4.69) is 32.8 Å². The van der Waals surface area contributed by atoms with Crippen molar-refractivity contribution in [3.05, 3.63) is 53.6 Å². The molecule has 0 saturated heterocycles. The molecule has 5 rings (SSSR count). The van der Waals surface area contributed by atoms with Crippen LogP contribution >= 0.6 is 0 Å². The molecule has 1 aromatic heterocycles. The van der Waals surface area contributed by atoms with Crippen LogP contribution in [0.1, 0.15) is 11.1 Å². The Morgan fingerprint density at radius 3 is 2.26 bits per heavy atom. The Labute approximate surface area is 157 Å². The van der Waals surface area contributed by atoms with Gasteiger partial charge in [-0.2, -0.15) is 0 Å². The minimum Gasteiger partial charge on any atom is -0.496 e. The Hall–Kier alpha value is -3.28. The van der Waals surface area contributed by atoms with Crippen LogP contribution in [0.4, 0.5) is 0 Å². The molecule has 0 bridgehead atoms. The van der Waals surface area contributed by atoms with Crippen molar-refractivity contribution in [2.24, 2.45) is 9.98 Å². The fourth-order valence-electron chi connectivity index (χ4n) is 3.54. The average Bonchev–Trinajstić information content (AvgIpc) is 3.48. The van der Waals surface area contributed by atoms with E-state index < -0.39 is 0 Å². The molecular weight excluding hydrogens is 340 g/mol.